The van der Waals surface area contributed by atoms with E-state index in [2.05, 4.69) is 4.98 Å². The van der Waals surface area contributed by atoms with Crippen molar-refractivity contribution in [3.63, 3.8) is 0 Å². The maximum absolute atomic E-state index is 10.9. The maximum Gasteiger partial charge on any atom is 0.325 e. The maximum atomic E-state index is 10.9. The first-order valence-electron chi connectivity index (χ1n) is 2.96. The number of hydrogen-bond acceptors (Lipinski definition) is 4. The summed E-state index contributed by atoms with van der Waals surface area (Å²) in [4.78, 5) is 25.4. The zero-order valence-corrected chi connectivity index (χ0v) is 5.84. The molecule has 0 amide bonds. The van der Waals surface area contributed by atoms with Gasteiger partial charge in [0.2, 0.25) is 0 Å². The summed E-state index contributed by atoms with van der Waals surface area (Å²) in [7, 11) is 0. The van der Waals surface area contributed by atoms with E-state index in [1.165, 1.54) is 5.48 Å². The Hall–Kier alpha value is -1.89. The fraction of sp³-hybridized carbons (Fsp3) is 0. The number of aromatic nitrogens is 2. The molecule has 0 atom stereocenters. The van der Waals surface area contributed by atoms with Gasteiger partial charge in [0.1, 0.15) is 0 Å². The van der Waals surface area contributed by atoms with Gasteiger partial charge in [0.25, 0.3) is 5.56 Å². The fourth-order valence-corrected chi connectivity index (χ4v) is 0.656. The molecule has 0 bridgehead atoms. The lowest BCUT2D eigenvalue weighted by atomic mass is 10.3. The Labute approximate surface area is 65.5 Å². The van der Waals surface area contributed by atoms with Crippen LogP contribution in [0.1, 0.15) is 5.56 Å². The van der Waals surface area contributed by atoms with Crippen LogP contribution in [0.2, 0.25) is 0 Å². The van der Waals surface area contributed by atoms with Gasteiger partial charge in [-0.15, -0.1) is 0 Å². The Morgan fingerprint density at radius 1 is 1.58 bits per heavy atom. The second-order valence-corrected chi connectivity index (χ2v) is 1.97. The molecule has 0 spiro atoms. The number of hydrogen-bond donors (Lipinski definition) is 5. The minimum atomic E-state index is -0.731. The van der Waals surface area contributed by atoms with Crippen LogP contribution >= 0.6 is 0 Å². The largest absolute Gasteiger partial charge is 0.325 e. The molecule has 0 unspecified atom stereocenters. The minimum Gasteiger partial charge on any atom is -0.313 e. The van der Waals surface area contributed by atoms with Crippen molar-refractivity contribution < 1.29 is 5.21 Å². The third kappa shape index (κ3) is 1.40. The van der Waals surface area contributed by atoms with E-state index >= 15 is 0 Å². The molecule has 0 aliphatic rings. The number of aromatic amines is 2. The summed E-state index contributed by atoms with van der Waals surface area (Å²) < 4.78 is 0. The van der Waals surface area contributed by atoms with Gasteiger partial charge in [-0.3, -0.25) is 25.9 Å². The SMILES string of the molecule is N=C(NO)c1c[nH]c(=O)[nH]c1=O. The molecule has 0 saturated heterocycles. The summed E-state index contributed by atoms with van der Waals surface area (Å²) in [5.74, 6) is -0.479. The molecule has 5 N–H and O–H groups in total. The molecule has 0 aliphatic heterocycles. The van der Waals surface area contributed by atoms with Gasteiger partial charge in [0.05, 0.1) is 5.56 Å². The number of H-pyrrole nitrogens is 2. The monoisotopic (exact) mass is 170 g/mol. The number of hydroxylamine groups is 1. The molecule has 7 heteroatoms. The molecule has 64 valence electrons. The van der Waals surface area contributed by atoms with E-state index in [-0.39, 0.29) is 5.56 Å². The highest BCUT2D eigenvalue weighted by Gasteiger charge is 2.04. The first-order valence-corrected chi connectivity index (χ1v) is 2.96. The topological polar surface area (TPSA) is 122 Å². The molecule has 0 aliphatic carbocycles. The Bertz CT molecular complexity index is 404. The van der Waals surface area contributed by atoms with Gasteiger partial charge in [-0.2, -0.15) is 0 Å². The van der Waals surface area contributed by atoms with Gasteiger partial charge in [-0.05, 0) is 0 Å². The Morgan fingerprint density at radius 2 is 2.25 bits per heavy atom. The Kier molecular flexibility index (Phi) is 2.06. The van der Waals surface area contributed by atoms with Gasteiger partial charge in [0.15, 0.2) is 5.84 Å². The molecule has 0 aromatic carbocycles. The highest BCUT2D eigenvalue weighted by Crippen LogP contribution is 1.81. The summed E-state index contributed by atoms with van der Waals surface area (Å²) in [6.45, 7) is 0. The zero-order chi connectivity index (χ0) is 9.14. The van der Waals surface area contributed by atoms with Crippen molar-refractivity contribution in [2.24, 2.45) is 0 Å². The summed E-state index contributed by atoms with van der Waals surface area (Å²) in [5, 5.41) is 15.2. The molecule has 1 aromatic rings. The number of nitrogens with one attached hydrogen (secondary N) is 4. The van der Waals surface area contributed by atoms with Crippen LogP contribution in [-0.4, -0.2) is 21.0 Å². The highest BCUT2D eigenvalue weighted by atomic mass is 16.5. The summed E-state index contributed by atoms with van der Waals surface area (Å²) in [6.07, 6.45) is 1.03. The van der Waals surface area contributed by atoms with Crippen molar-refractivity contribution in [1.29, 1.82) is 5.41 Å². The predicted octanol–water partition coefficient (Wildman–Crippen LogP) is -1.63. The summed E-state index contributed by atoms with van der Waals surface area (Å²) in [5.41, 5.74) is -0.0479. The predicted molar refractivity (Wildman–Crippen MR) is 39.4 cm³/mol. The molecule has 1 rings (SSSR count). The lowest BCUT2D eigenvalue weighted by molar-refractivity contribution is 0.234. The number of rotatable bonds is 1. The standard InChI is InChI=1S/C5H6N4O3/c6-3(9-12)2-1-7-5(11)8-4(2)10/h1,12H,(H2,6,9)(H2,7,8,10,11). The van der Waals surface area contributed by atoms with Crippen molar-refractivity contribution in [3.05, 3.63) is 32.6 Å². The van der Waals surface area contributed by atoms with Gasteiger partial charge < -0.3 is 4.98 Å². The van der Waals surface area contributed by atoms with Crippen LogP contribution in [0.5, 0.6) is 0 Å². The van der Waals surface area contributed by atoms with Crippen molar-refractivity contribution in [2.75, 3.05) is 0 Å². The van der Waals surface area contributed by atoms with E-state index in [0.717, 1.165) is 6.20 Å². The van der Waals surface area contributed by atoms with Gasteiger partial charge in [-0.25, -0.2) is 4.79 Å². The minimum absolute atomic E-state index is 0.142. The van der Waals surface area contributed by atoms with E-state index in [4.69, 9.17) is 10.6 Å². The fourth-order valence-electron chi connectivity index (χ4n) is 0.656. The van der Waals surface area contributed by atoms with Crippen LogP contribution in [-0.2, 0) is 0 Å². The van der Waals surface area contributed by atoms with Crippen LogP contribution in [0.15, 0.2) is 15.8 Å². The van der Waals surface area contributed by atoms with Crippen LogP contribution in [0.3, 0.4) is 0 Å². The first kappa shape index (κ1) is 8.21. The molecule has 1 aromatic heterocycles. The van der Waals surface area contributed by atoms with Crippen molar-refractivity contribution in [2.45, 2.75) is 0 Å². The van der Waals surface area contributed by atoms with Crippen molar-refractivity contribution in [3.8, 4) is 0 Å². The van der Waals surface area contributed by atoms with Gasteiger partial charge >= 0.3 is 5.69 Å². The summed E-state index contributed by atoms with van der Waals surface area (Å²) >= 11 is 0. The highest BCUT2D eigenvalue weighted by molar-refractivity contribution is 5.94. The van der Waals surface area contributed by atoms with Crippen LogP contribution in [0.25, 0.3) is 0 Å². The van der Waals surface area contributed by atoms with Gasteiger partial charge in [0, 0.05) is 6.20 Å². The van der Waals surface area contributed by atoms with Crippen LogP contribution in [0, 0.1) is 5.41 Å². The molecule has 1 heterocycles. The third-order valence-corrected chi connectivity index (χ3v) is 1.20. The second kappa shape index (κ2) is 3.01. The van der Waals surface area contributed by atoms with E-state index < -0.39 is 17.1 Å². The van der Waals surface area contributed by atoms with E-state index in [1.54, 1.807) is 0 Å². The average molecular weight is 170 g/mol. The van der Waals surface area contributed by atoms with Gasteiger partial charge in [-0.1, -0.05) is 0 Å². The number of amidine groups is 1. The summed E-state index contributed by atoms with van der Waals surface area (Å²) in [6, 6.07) is 0. The Morgan fingerprint density at radius 3 is 2.75 bits per heavy atom. The molecule has 0 saturated carbocycles. The molecular formula is C5H6N4O3. The smallest absolute Gasteiger partial charge is 0.313 e. The molecule has 0 fully saturated rings. The first-order chi connectivity index (χ1) is 5.65. The zero-order valence-electron chi connectivity index (χ0n) is 5.84. The van der Waals surface area contributed by atoms with E-state index in [9.17, 15) is 9.59 Å². The normalized spacial score (nSPS) is 9.42. The second-order valence-electron chi connectivity index (χ2n) is 1.97. The quantitative estimate of drug-likeness (QED) is 0.197. The van der Waals surface area contributed by atoms with Crippen LogP contribution < -0.4 is 16.7 Å². The average Bonchev–Trinajstić information content (AvgIpc) is 2.03. The van der Waals surface area contributed by atoms with E-state index in [1.807, 2.05) is 4.98 Å². The van der Waals surface area contributed by atoms with Crippen molar-refractivity contribution in [1.82, 2.24) is 15.4 Å². The molecule has 7 nitrogen and oxygen atoms in total. The molecule has 0 radical (unpaired) electrons. The lowest BCUT2D eigenvalue weighted by Crippen LogP contribution is -2.31. The Balaban J connectivity index is 3.28. The third-order valence-electron chi connectivity index (χ3n) is 1.20. The van der Waals surface area contributed by atoms with Crippen molar-refractivity contribution >= 4 is 5.84 Å². The molecule has 12 heavy (non-hydrogen) atoms. The molecular weight excluding hydrogens is 164 g/mol. The lowest BCUT2D eigenvalue weighted by Gasteiger charge is -1.97. The van der Waals surface area contributed by atoms with Crippen LogP contribution in [0.4, 0.5) is 0 Å². The van der Waals surface area contributed by atoms with E-state index in [0.29, 0.717) is 0 Å².